The first-order valence-corrected chi connectivity index (χ1v) is 12.8. The van der Waals surface area contributed by atoms with Gasteiger partial charge in [-0.2, -0.15) is 39.5 Å². The molecule has 3 N–H and O–H groups in total. The van der Waals surface area contributed by atoms with Gasteiger partial charge < -0.3 is 29.5 Å². The molecule has 3 aliphatic rings. The summed E-state index contributed by atoms with van der Waals surface area (Å²) in [6.07, 6.45) is -12.5. The number of carboxylic acids is 3. The van der Waals surface area contributed by atoms with Gasteiger partial charge in [0.15, 0.2) is 0 Å². The van der Waals surface area contributed by atoms with Gasteiger partial charge in [0.05, 0.1) is 18.8 Å². The van der Waals surface area contributed by atoms with Crippen molar-refractivity contribution in [2.75, 3.05) is 53.4 Å². The third-order valence-electron chi connectivity index (χ3n) is 6.81. The quantitative estimate of drug-likeness (QED) is 0.405. The number of likely N-dealkylation sites (tertiary alicyclic amines) is 2. The Balaban J connectivity index is 0.000000396. The summed E-state index contributed by atoms with van der Waals surface area (Å²) in [5, 5.41) is 21.4. The summed E-state index contributed by atoms with van der Waals surface area (Å²) in [6, 6.07) is 4.57. The van der Waals surface area contributed by atoms with Gasteiger partial charge in [-0.15, -0.1) is 0 Å². The summed E-state index contributed by atoms with van der Waals surface area (Å²) >= 11 is 0. The smallest absolute Gasteiger partial charge is 0.475 e. The van der Waals surface area contributed by atoms with Crippen LogP contribution in [0.2, 0.25) is 0 Å². The Bertz CT molecular complexity index is 1060. The molecule has 3 aliphatic heterocycles. The first kappa shape index (κ1) is 39.4. The minimum Gasteiger partial charge on any atom is -0.475 e. The molecule has 0 unspecified atom stereocenters. The number of alkyl halides is 9. The highest BCUT2D eigenvalue weighted by Gasteiger charge is 2.48. The zero-order chi connectivity index (χ0) is 34.9. The van der Waals surface area contributed by atoms with Gasteiger partial charge in [-0.25, -0.2) is 14.4 Å². The van der Waals surface area contributed by atoms with Crippen molar-refractivity contribution in [1.29, 1.82) is 0 Å². The van der Waals surface area contributed by atoms with Crippen molar-refractivity contribution >= 4 is 23.8 Å². The zero-order valence-electron chi connectivity index (χ0n) is 23.7. The molecule has 0 aromatic carbocycles. The monoisotopic (exact) mass is 674 g/mol. The van der Waals surface area contributed by atoms with Crippen molar-refractivity contribution in [3.63, 3.8) is 0 Å². The van der Waals surface area contributed by atoms with E-state index in [1.165, 1.54) is 0 Å². The second-order valence-electron chi connectivity index (χ2n) is 10.1. The molecular formula is C24H31F9N4O8. The van der Waals surface area contributed by atoms with E-state index in [0.717, 1.165) is 58.0 Å². The van der Waals surface area contributed by atoms with E-state index in [4.69, 9.17) is 34.1 Å². The topological polar surface area (TPSA) is 155 Å². The number of fused-ring (bicyclic) bond motifs is 1. The molecule has 1 amide bonds. The number of piperazine rings is 1. The van der Waals surface area contributed by atoms with Gasteiger partial charge in [-0.05, 0) is 38.6 Å². The summed E-state index contributed by atoms with van der Waals surface area (Å²) in [5.74, 6) is -6.29. The van der Waals surface area contributed by atoms with Crippen LogP contribution in [0.1, 0.15) is 12.2 Å². The van der Waals surface area contributed by atoms with Crippen LogP contribution in [0.4, 0.5) is 39.5 Å². The number of carboxylic acid groups (broad SMARTS) is 3. The number of carbonyl (C=O) groups excluding carboxylic acids is 1. The van der Waals surface area contributed by atoms with Crippen molar-refractivity contribution in [3.8, 4) is 0 Å². The lowest BCUT2D eigenvalue weighted by Crippen LogP contribution is -2.53. The molecule has 0 radical (unpaired) electrons. The number of rotatable bonds is 3. The standard InChI is InChI=1S/C18H28N4O2.3C2HF3O2/c1-19-5-7-22(8-6-19)18(23)16-10-14-11-21(13-17(14)20(16)2)12-15-4-3-9-24-15;3*3-2(4,5)1(6)7/h3-4,9,14,16-17H,5-8,10-13H2,1-2H3;3*(H,6,7)/t14-,16-,17+;;;/m0.../s1. The van der Waals surface area contributed by atoms with Gasteiger partial charge in [-0.3, -0.25) is 14.6 Å². The predicted octanol–water partition coefficient (Wildman–Crippen LogP) is 2.46. The van der Waals surface area contributed by atoms with E-state index in [1.807, 2.05) is 12.1 Å². The minimum atomic E-state index is -5.08. The first-order valence-electron chi connectivity index (χ1n) is 12.8. The van der Waals surface area contributed by atoms with Gasteiger partial charge in [0, 0.05) is 45.3 Å². The SMILES string of the molecule is CN1CCN(C(=O)[C@@H]2C[C@H]3CN(Cc4ccco4)C[C@H]3N2C)CC1.O=C(O)C(F)(F)F.O=C(O)C(F)(F)F.O=C(O)C(F)(F)F. The highest BCUT2D eigenvalue weighted by Crippen LogP contribution is 2.36. The van der Waals surface area contributed by atoms with Gasteiger partial charge >= 0.3 is 36.4 Å². The molecule has 3 saturated heterocycles. The van der Waals surface area contributed by atoms with Gasteiger partial charge in [0.25, 0.3) is 0 Å². The molecule has 1 aromatic heterocycles. The van der Waals surface area contributed by atoms with Crippen LogP contribution in [0.25, 0.3) is 0 Å². The molecule has 258 valence electrons. The average molecular weight is 675 g/mol. The number of likely N-dealkylation sites (N-methyl/N-ethyl adjacent to an activating group) is 2. The highest BCUT2D eigenvalue weighted by atomic mass is 19.4. The van der Waals surface area contributed by atoms with E-state index < -0.39 is 36.4 Å². The molecule has 12 nitrogen and oxygen atoms in total. The van der Waals surface area contributed by atoms with E-state index in [1.54, 1.807) is 6.26 Å². The third-order valence-corrected chi connectivity index (χ3v) is 6.81. The number of aliphatic carboxylic acids is 3. The third kappa shape index (κ3) is 13.1. The van der Waals surface area contributed by atoms with E-state index in [9.17, 15) is 44.3 Å². The Morgan fingerprint density at radius 1 is 0.800 bits per heavy atom. The molecule has 0 spiro atoms. The zero-order valence-corrected chi connectivity index (χ0v) is 23.7. The number of furan rings is 1. The number of halogens is 9. The molecule has 1 aromatic rings. The summed E-state index contributed by atoms with van der Waals surface area (Å²) in [5.41, 5.74) is 0. The Kier molecular flexibility index (Phi) is 14.1. The fourth-order valence-corrected chi connectivity index (χ4v) is 4.58. The van der Waals surface area contributed by atoms with Crippen LogP contribution in [0, 0.1) is 5.92 Å². The van der Waals surface area contributed by atoms with E-state index >= 15 is 0 Å². The normalized spacial score (nSPS) is 22.6. The summed E-state index contributed by atoms with van der Waals surface area (Å²) in [6.45, 7) is 6.72. The van der Waals surface area contributed by atoms with Gasteiger partial charge in [0.2, 0.25) is 5.91 Å². The largest absolute Gasteiger partial charge is 0.490 e. The molecule has 4 heterocycles. The van der Waals surface area contributed by atoms with Crippen LogP contribution < -0.4 is 0 Å². The molecular weight excluding hydrogens is 643 g/mol. The molecule has 0 bridgehead atoms. The summed E-state index contributed by atoms with van der Waals surface area (Å²) in [7, 11) is 4.27. The number of amides is 1. The molecule has 3 atom stereocenters. The number of nitrogens with zero attached hydrogens (tertiary/aromatic N) is 4. The van der Waals surface area contributed by atoms with Crippen LogP contribution in [0.3, 0.4) is 0 Å². The lowest BCUT2D eigenvalue weighted by Gasteiger charge is -2.36. The average Bonchev–Trinajstić information content (AvgIpc) is 3.62. The summed E-state index contributed by atoms with van der Waals surface area (Å²) in [4.78, 5) is 48.8. The minimum absolute atomic E-state index is 0.0779. The first-order chi connectivity index (χ1) is 20.4. The predicted molar refractivity (Wildman–Crippen MR) is 133 cm³/mol. The maximum absolute atomic E-state index is 12.9. The Labute approximate surface area is 249 Å². The van der Waals surface area contributed by atoms with Crippen molar-refractivity contribution in [1.82, 2.24) is 19.6 Å². The summed E-state index contributed by atoms with van der Waals surface area (Å²) < 4.78 is 101. The Morgan fingerprint density at radius 3 is 1.60 bits per heavy atom. The lowest BCUT2D eigenvalue weighted by atomic mass is 10.0. The van der Waals surface area contributed by atoms with Crippen molar-refractivity contribution in [2.24, 2.45) is 5.92 Å². The molecule has 21 heteroatoms. The van der Waals surface area contributed by atoms with Gasteiger partial charge in [-0.1, -0.05) is 0 Å². The molecule has 3 fully saturated rings. The van der Waals surface area contributed by atoms with Crippen LogP contribution >= 0.6 is 0 Å². The molecule has 0 aliphatic carbocycles. The van der Waals surface area contributed by atoms with Gasteiger partial charge in [0.1, 0.15) is 5.76 Å². The maximum Gasteiger partial charge on any atom is 0.490 e. The van der Waals surface area contributed by atoms with Crippen molar-refractivity contribution in [3.05, 3.63) is 24.2 Å². The van der Waals surface area contributed by atoms with Crippen LogP contribution in [-0.4, -0.2) is 143 Å². The van der Waals surface area contributed by atoms with E-state index in [-0.39, 0.29) is 6.04 Å². The van der Waals surface area contributed by atoms with Crippen LogP contribution in [0.15, 0.2) is 22.8 Å². The Morgan fingerprint density at radius 2 is 1.24 bits per heavy atom. The highest BCUT2D eigenvalue weighted by molar-refractivity contribution is 5.82. The molecule has 4 rings (SSSR count). The molecule has 0 saturated carbocycles. The fraction of sp³-hybridized carbons (Fsp3) is 0.667. The molecule has 45 heavy (non-hydrogen) atoms. The van der Waals surface area contributed by atoms with E-state index in [2.05, 4.69) is 33.7 Å². The number of hydrogen-bond acceptors (Lipinski definition) is 8. The number of carbonyl (C=O) groups is 4. The lowest BCUT2D eigenvalue weighted by molar-refractivity contribution is -0.193. The van der Waals surface area contributed by atoms with Crippen molar-refractivity contribution < 1.29 is 78.4 Å². The number of hydrogen-bond donors (Lipinski definition) is 3. The van der Waals surface area contributed by atoms with Crippen LogP contribution in [-0.2, 0) is 25.7 Å². The Hall–Kier alpha value is -3.59. The second kappa shape index (κ2) is 16.1. The van der Waals surface area contributed by atoms with E-state index in [0.29, 0.717) is 17.9 Å². The van der Waals surface area contributed by atoms with Crippen molar-refractivity contribution in [2.45, 2.75) is 43.6 Å². The maximum atomic E-state index is 12.9. The second-order valence-corrected chi connectivity index (χ2v) is 10.1. The fourth-order valence-electron chi connectivity index (χ4n) is 4.58. The van der Waals surface area contributed by atoms with Crippen LogP contribution in [0.5, 0.6) is 0 Å².